The van der Waals surface area contributed by atoms with Gasteiger partial charge in [0, 0.05) is 18.4 Å². The lowest BCUT2D eigenvalue weighted by Crippen LogP contribution is -2.11. The Hall–Kier alpha value is -2.23. The Morgan fingerprint density at radius 3 is 2.89 bits per heavy atom. The Labute approximate surface area is 111 Å². The van der Waals surface area contributed by atoms with Gasteiger partial charge in [-0.1, -0.05) is 24.3 Å². The van der Waals surface area contributed by atoms with Gasteiger partial charge in [-0.05, 0) is 25.0 Å². The average molecular weight is 250 g/mol. The van der Waals surface area contributed by atoms with Gasteiger partial charge in [-0.15, -0.1) is 10.2 Å². The third-order valence-corrected chi connectivity index (χ3v) is 3.69. The van der Waals surface area contributed by atoms with E-state index in [-0.39, 0.29) is 0 Å². The summed E-state index contributed by atoms with van der Waals surface area (Å²) in [6, 6.07) is 12.3. The van der Waals surface area contributed by atoms with Crippen molar-refractivity contribution in [3.63, 3.8) is 0 Å². The molecule has 1 aliphatic heterocycles. The van der Waals surface area contributed by atoms with E-state index in [0.717, 1.165) is 41.2 Å². The molecule has 0 fully saturated rings. The summed E-state index contributed by atoms with van der Waals surface area (Å²) in [5.74, 6) is 2.00. The number of para-hydroxylation sites is 1. The number of aromatic nitrogens is 4. The third-order valence-electron chi connectivity index (χ3n) is 3.69. The average Bonchev–Trinajstić information content (AvgIpc) is 2.91. The predicted molar refractivity (Wildman–Crippen MR) is 73.7 cm³/mol. The summed E-state index contributed by atoms with van der Waals surface area (Å²) in [4.78, 5) is 4.70. The van der Waals surface area contributed by atoms with Crippen LogP contribution >= 0.6 is 0 Å². The molecule has 94 valence electrons. The molecule has 4 heteroatoms. The van der Waals surface area contributed by atoms with Gasteiger partial charge in [0.25, 0.3) is 0 Å². The van der Waals surface area contributed by atoms with Crippen LogP contribution in [0.2, 0.25) is 0 Å². The van der Waals surface area contributed by atoms with E-state index in [0.29, 0.717) is 0 Å². The molecular weight excluding hydrogens is 236 g/mol. The molecule has 0 saturated carbocycles. The van der Waals surface area contributed by atoms with Crippen LogP contribution in [0.5, 0.6) is 0 Å². The van der Waals surface area contributed by atoms with Gasteiger partial charge in [0.05, 0.1) is 5.52 Å². The van der Waals surface area contributed by atoms with Gasteiger partial charge in [0.1, 0.15) is 11.5 Å². The summed E-state index contributed by atoms with van der Waals surface area (Å²) < 4.78 is 2.21. The highest BCUT2D eigenvalue weighted by Crippen LogP contribution is 2.23. The molecule has 0 unspecified atom stereocenters. The van der Waals surface area contributed by atoms with Crippen LogP contribution in [0.1, 0.15) is 18.7 Å². The summed E-state index contributed by atoms with van der Waals surface area (Å²) in [7, 11) is 0. The van der Waals surface area contributed by atoms with Crippen LogP contribution in [-0.4, -0.2) is 19.7 Å². The zero-order valence-electron chi connectivity index (χ0n) is 10.6. The zero-order chi connectivity index (χ0) is 12.7. The number of aryl methyl sites for hydroxylation is 1. The highest BCUT2D eigenvalue weighted by Gasteiger charge is 2.17. The van der Waals surface area contributed by atoms with Crippen molar-refractivity contribution in [2.45, 2.75) is 25.8 Å². The molecule has 4 nitrogen and oxygen atoms in total. The van der Waals surface area contributed by atoms with Crippen molar-refractivity contribution in [3.05, 3.63) is 42.2 Å². The smallest absolute Gasteiger partial charge is 0.182 e. The van der Waals surface area contributed by atoms with Crippen molar-refractivity contribution in [1.82, 2.24) is 19.7 Å². The third kappa shape index (κ3) is 1.71. The number of fused-ring (bicyclic) bond motifs is 2. The van der Waals surface area contributed by atoms with E-state index in [1.54, 1.807) is 0 Å². The summed E-state index contributed by atoms with van der Waals surface area (Å²) >= 11 is 0. The molecule has 1 aromatic carbocycles. The molecule has 4 rings (SSSR count). The first kappa shape index (κ1) is 10.7. The summed E-state index contributed by atoms with van der Waals surface area (Å²) in [5.41, 5.74) is 1.92. The summed E-state index contributed by atoms with van der Waals surface area (Å²) in [5, 5.41) is 9.77. The van der Waals surface area contributed by atoms with Crippen LogP contribution in [0.3, 0.4) is 0 Å². The number of rotatable bonds is 1. The molecule has 0 spiro atoms. The lowest BCUT2D eigenvalue weighted by molar-refractivity contribution is 0.525. The second kappa shape index (κ2) is 4.16. The van der Waals surface area contributed by atoms with Gasteiger partial charge in [-0.2, -0.15) is 0 Å². The minimum atomic E-state index is 0.903. The highest BCUT2D eigenvalue weighted by atomic mass is 15.3. The van der Waals surface area contributed by atoms with Gasteiger partial charge in [-0.25, -0.2) is 4.98 Å². The molecule has 0 aliphatic carbocycles. The molecule has 3 aromatic rings. The van der Waals surface area contributed by atoms with Gasteiger partial charge >= 0.3 is 0 Å². The summed E-state index contributed by atoms with van der Waals surface area (Å²) in [6.07, 6.45) is 3.44. The van der Waals surface area contributed by atoms with E-state index in [1.807, 2.05) is 24.3 Å². The minimum absolute atomic E-state index is 0.903. The van der Waals surface area contributed by atoms with Gasteiger partial charge < -0.3 is 4.57 Å². The Balaban J connectivity index is 1.88. The molecule has 3 heterocycles. The second-order valence-corrected chi connectivity index (χ2v) is 4.94. The van der Waals surface area contributed by atoms with Gasteiger partial charge in [0.2, 0.25) is 0 Å². The maximum absolute atomic E-state index is 4.70. The van der Waals surface area contributed by atoms with E-state index in [9.17, 15) is 0 Å². The predicted octanol–water partition coefficient (Wildman–Crippen LogP) is 2.83. The monoisotopic (exact) mass is 250 g/mol. The molecule has 0 amide bonds. The molecule has 0 bridgehead atoms. The lowest BCUT2D eigenvalue weighted by Gasteiger charge is -2.14. The van der Waals surface area contributed by atoms with Crippen LogP contribution < -0.4 is 0 Å². The molecule has 2 aromatic heterocycles. The number of benzene rings is 1. The fourth-order valence-electron chi connectivity index (χ4n) is 2.69. The van der Waals surface area contributed by atoms with Gasteiger partial charge in [-0.3, -0.25) is 0 Å². The van der Waals surface area contributed by atoms with Crippen molar-refractivity contribution in [3.8, 4) is 11.5 Å². The number of pyridine rings is 1. The van der Waals surface area contributed by atoms with E-state index in [2.05, 4.69) is 26.9 Å². The summed E-state index contributed by atoms with van der Waals surface area (Å²) in [6.45, 7) is 1.01. The fraction of sp³-hybridized carbons (Fsp3) is 0.267. The highest BCUT2D eigenvalue weighted by molar-refractivity contribution is 5.80. The zero-order valence-corrected chi connectivity index (χ0v) is 10.6. The molecule has 1 aliphatic rings. The number of nitrogens with zero attached hydrogens (tertiary/aromatic N) is 4. The van der Waals surface area contributed by atoms with Crippen molar-refractivity contribution >= 4 is 10.9 Å². The first-order valence-corrected chi connectivity index (χ1v) is 6.70. The van der Waals surface area contributed by atoms with E-state index >= 15 is 0 Å². The minimum Gasteiger partial charge on any atom is -0.310 e. The maximum atomic E-state index is 4.70. The largest absolute Gasteiger partial charge is 0.310 e. The second-order valence-electron chi connectivity index (χ2n) is 4.94. The Morgan fingerprint density at radius 2 is 1.89 bits per heavy atom. The van der Waals surface area contributed by atoms with Gasteiger partial charge in [0.15, 0.2) is 5.82 Å². The SMILES string of the molecule is c1ccc2nc(-c3nnc4n3CCCC4)ccc2c1. The van der Waals surface area contributed by atoms with Crippen LogP contribution in [0, 0.1) is 0 Å². The molecule has 0 radical (unpaired) electrons. The normalized spacial score (nSPS) is 14.5. The Bertz CT molecular complexity index is 745. The fourth-order valence-corrected chi connectivity index (χ4v) is 2.69. The van der Waals surface area contributed by atoms with Crippen LogP contribution in [0.4, 0.5) is 0 Å². The standard InChI is InChI=1S/C15H14N4/c1-2-6-12-11(5-1)8-9-13(16-12)15-18-17-14-7-3-4-10-19(14)15/h1-2,5-6,8-9H,3-4,7,10H2. The van der Waals surface area contributed by atoms with Crippen molar-refractivity contribution in [2.24, 2.45) is 0 Å². The van der Waals surface area contributed by atoms with Crippen LogP contribution in [-0.2, 0) is 13.0 Å². The first-order valence-electron chi connectivity index (χ1n) is 6.70. The Morgan fingerprint density at radius 1 is 0.947 bits per heavy atom. The number of hydrogen-bond donors (Lipinski definition) is 0. The molecule has 0 saturated heterocycles. The molecule has 0 N–H and O–H groups in total. The van der Waals surface area contributed by atoms with Crippen molar-refractivity contribution < 1.29 is 0 Å². The quantitative estimate of drug-likeness (QED) is 0.667. The number of hydrogen-bond acceptors (Lipinski definition) is 3. The van der Waals surface area contributed by atoms with Crippen LogP contribution in [0.25, 0.3) is 22.4 Å². The van der Waals surface area contributed by atoms with Crippen LogP contribution in [0.15, 0.2) is 36.4 Å². The molecule has 19 heavy (non-hydrogen) atoms. The van der Waals surface area contributed by atoms with Crippen molar-refractivity contribution in [1.29, 1.82) is 0 Å². The Kier molecular flexibility index (Phi) is 2.33. The first-order chi connectivity index (χ1) is 9.42. The molecule has 0 atom stereocenters. The van der Waals surface area contributed by atoms with E-state index in [1.165, 1.54) is 12.8 Å². The maximum Gasteiger partial charge on any atom is 0.182 e. The topological polar surface area (TPSA) is 43.6 Å². The van der Waals surface area contributed by atoms with E-state index < -0.39 is 0 Å². The molecular formula is C15H14N4. The lowest BCUT2D eigenvalue weighted by atomic mass is 10.1. The van der Waals surface area contributed by atoms with E-state index in [4.69, 9.17) is 4.98 Å². The van der Waals surface area contributed by atoms with Crippen molar-refractivity contribution in [2.75, 3.05) is 0 Å².